The summed E-state index contributed by atoms with van der Waals surface area (Å²) in [6.07, 6.45) is -3.52. The van der Waals surface area contributed by atoms with Gasteiger partial charge in [0.1, 0.15) is 11.4 Å². The van der Waals surface area contributed by atoms with E-state index in [0.717, 1.165) is 6.07 Å². The van der Waals surface area contributed by atoms with Gasteiger partial charge in [0, 0.05) is 33.2 Å². The maximum Gasteiger partial charge on any atom is 0.421 e. The van der Waals surface area contributed by atoms with E-state index in [1.54, 1.807) is 11.0 Å². The first-order chi connectivity index (χ1) is 17.1. The fourth-order valence-corrected chi connectivity index (χ4v) is 5.02. The number of anilines is 1. The summed E-state index contributed by atoms with van der Waals surface area (Å²) in [5.41, 5.74) is -1.08. The fourth-order valence-electron chi connectivity index (χ4n) is 5.02. The number of halogens is 4. The lowest BCUT2D eigenvalue weighted by Gasteiger charge is -2.36. The standard InChI is InChI=1S/C23H25F4N7O2/c1-31-19-11-14(24)4-5-16(19)28-22(31)33-9-7-32(8-10-33)20(35)13-34-6-2-3-18(34)17-12-15(23(25,26)27)21(36)30-29-17/h4-5,11-12,18H,2-3,6-10,13H2,1H3,(H,30,36). The van der Waals surface area contributed by atoms with Gasteiger partial charge in [-0.1, -0.05) is 0 Å². The summed E-state index contributed by atoms with van der Waals surface area (Å²) >= 11 is 0. The Morgan fingerprint density at radius 1 is 1.14 bits per heavy atom. The summed E-state index contributed by atoms with van der Waals surface area (Å²) in [6, 6.07) is 4.75. The molecule has 0 spiro atoms. The van der Waals surface area contributed by atoms with Crippen LogP contribution < -0.4 is 10.5 Å². The quantitative estimate of drug-likeness (QED) is 0.546. The highest BCUT2D eigenvalue weighted by Crippen LogP contribution is 2.33. The van der Waals surface area contributed by atoms with E-state index >= 15 is 0 Å². The lowest BCUT2D eigenvalue weighted by molar-refractivity contribution is -0.139. The first-order valence-corrected chi connectivity index (χ1v) is 11.7. The highest BCUT2D eigenvalue weighted by Gasteiger charge is 2.37. The van der Waals surface area contributed by atoms with Crippen molar-refractivity contribution in [3.05, 3.63) is 51.7 Å². The van der Waals surface area contributed by atoms with Crippen LogP contribution in [0.25, 0.3) is 11.0 Å². The lowest BCUT2D eigenvalue weighted by Crippen LogP contribution is -2.51. The molecule has 2 fully saturated rings. The SMILES string of the molecule is Cn1c(N2CCN(C(=O)CN3CCCC3c3cc(C(F)(F)F)c(=O)[nH]n3)CC2)nc2ccc(F)cc21. The topological polar surface area (TPSA) is 90.4 Å². The number of imidazole rings is 1. The van der Waals surface area contributed by atoms with E-state index in [2.05, 4.69) is 10.1 Å². The van der Waals surface area contributed by atoms with Crippen LogP contribution >= 0.6 is 0 Å². The van der Waals surface area contributed by atoms with Crippen molar-refractivity contribution in [3.63, 3.8) is 0 Å². The summed E-state index contributed by atoms with van der Waals surface area (Å²) in [7, 11) is 1.82. The van der Waals surface area contributed by atoms with Gasteiger partial charge in [0.05, 0.1) is 29.3 Å². The second-order valence-electron chi connectivity index (χ2n) is 9.13. The molecule has 192 valence electrons. The van der Waals surface area contributed by atoms with Crippen LogP contribution in [-0.4, -0.2) is 74.7 Å². The van der Waals surface area contributed by atoms with Crippen LogP contribution in [0.15, 0.2) is 29.1 Å². The molecule has 1 amide bonds. The minimum Gasteiger partial charge on any atom is -0.339 e. The van der Waals surface area contributed by atoms with Crippen molar-refractivity contribution < 1.29 is 22.4 Å². The molecule has 2 aliphatic heterocycles. The molecule has 1 aromatic carbocycles. The van der Waals surface area contributed by atoms with Gasteiger partial charge in [-0.05, 0) is 43.7 Å². The molecule has 5 rings (SSSR count). The van der Waals surface area contributed by atoms with Gasteiger partial charge in [0.15, 0.2) is 0 Å². The summed E-state index contributed by atoms with van der Waals surface area (Å²) in [6.45, 7) is 2.62. The Bertz CT molecular complexity index is 1340. The van der Waals surface area contributed by atoms with Crippen molar-refractivity contribution >= 4 is 22.9 Å². The van der Waals surface area contributed by atoms with Crippen LogP contribution in [0.1, 0.15) is 30.1 Å². The molecule has 2 aliphatic rings. The Hall–Kier alpha value is -3.48. The Morgan fingerprint density at radius 3 is 2.61 bits per heavy atom. The van der Waals surface area contributed by atoms with Gasteiger partial charge in [0.2, 0.25) is 11.9 Å². The number of hydrogen-bond acceptors (Lipinski definition) is 6. The first-order valence-electron chi connectivity index (χ1n) is 11.7. The number of H-pyrrole nitrogens is 1. The Morgan fingerprint density at radius 2 is 1.89 bits per heavy atom. The molecule has 36 heavy (non-hydrogen) atoms. The third kappa shape index (κ3) is 4.54. The van der Waals surface area contributed by atoms with E-state index in [4.69, 9.17) is 0 Å². The minimum atomic E-state index is -4.78. The average Bonchev–Trinajstić information content (AvgIpc) is 3.43. The maximum atomic E-state index is 13.6. The normalized spacial score (nSPS) is 19.4. The molecule has 13 heteroatoms. The second-order valence-corrected chi connectivity index (χ2v) is 9.13. The van der Waals surface area contributed by atoms with E-state index < -0.39 is 23.3 Å². The molecule has 1 unspecified atom stereocenters. The minimum absolute atomic E-state index is 0.0540. The molecule has 0 bridgehead atoms. The third-order valence-corrected chi connectivity index (χ3v) is 6.91. The number of aryl methyl sites for hydroxylation is 1. The Balaban J connectivity index is 1.23. The van der Waals surface area contributed by atoms with E-state index in [-0.39, 0.29) is 24.0 Å². The highest BCUT2D eigenvalue weighted by atomic mass is 19.4. The Labute approximate surface area is 203 Å². The molecule has 1 N–H and O–H groups in total. The van der Waals surface area contributed by atoms with Crippen molar-refractivity contribution in [2.45, 2.75) is 25.1 Å². The van der Waals surface area contributed by atoms with E-state index in [9.17, 15) is 27.2 Å². The van der Waals surface area contributed by atoms with Gasteiger partial charge in [-0.25, -0.2) is 14.5 Å². The predicted molar refractivity (Wildman–Crippen MR) is 123 cm³/mol. The molecule has 0 saturated carbocycles. The number of likely N-dealkylation sites (tertiary alicyclic amines) is 1. The number of carbonyl (C=O) groups is 1. The summed E-state index contributed by atoms with van der Waals surface area (Å²) in [4.78, 5) is 34.8. The number of rotatable bonds is 4. The first kappa shape index (κ1) is 24.2. The molecule has 9 nitrogen and oxygen atoms in total. The smallest absolute Gasteiger partial charge is 0.339 e. The number of benzene rings is 1. The largest absolute Gasteiger partial charge is 0.421 e. The van der Waals surface area contributed by atoms with E-state index in [0.29, 0.717) is 62.5 Å². The molecule has 2 aromatic heterocycles. The molecular weight excluding hydrogens is 482 g/mol. The molecule has 4 heterocycles. The second kappa shape index (κ2) is 9.19. The number of nitrogens with one attached hydrogen (secondary N) is 1. The van der Waals surface area contributed by atoms with Crippen molar-refractivity contribution in [3.8, 4) is 0 Å². The summed E-state index contributed by atoms with van der Waals surface area (Å²) in [5.74, 6) is 0.250. The average molecular weight is 507 g/mol. The van der Waals surface area contributed by atoms with E-state index in [1.807, 2.05) is 26.5 Å². The number of carbonyl (C=O) groups excluding carboxylic acids is 1. The highest BCUT2D eigenvalue weighted by molar-refractivity contribution is 5.80. The zero-order valence-corrected chi connectivity index (χ0v) is 19.6. The number of nitrogens with zero attached hydrogens (tertiary/aromatic N) is 6. The van der Waals surface area contributed by atoms with Gasteiger partial charge in [0.25, 0.3) is 5.56 Å². The zero-order valence-electron chi connectivity index (χ0n) is 19.6. The molecule has 2 saturated heterocycles. The van der Waals surface area contributed by atoms with Crippen molar-refractivity contribution in [2.24, 2.45) is 7.05 Å². The van der Waals surface area contributed by atoms with Crippen molar-refractivity contribution in [1.82, 2.24) is 29.5 Å². The van der Waals surface area contributed by atoms with Gasteiger partial charge in [-0.2, -0.15) is 18.3 Å². The summed E-state index contributed by atoms with van der Waals surface area (Å²) in [5, 5.41) is 5.78. The van der Waals surface area contributed by atoms with Crippen molar-refractivity contribution in [2.75, 3.05) is 44.2 Å². The molecule has 0 aliphatic carbocycles. The van der Waals surface area contributed by atoms with Crippen LogP contribution in [0.4, 0.5) is 23.5 Å². The predicted octanol–water partition coefficient (Wildman–Crippen LogP) is 2.30. The number of hydrogen-bond donors (Lipinski definition) is 1. The van der Waals surface area contributed by atoms with Crippen LogP contribution in [0, 0.1) is 5.82 Å². The van der Waals surface area contributed by atoms with E-state index in [1.165, 1.54) is 12.1 Å². The number of aromatic amines is 1. The lowest BCUT2D eigenvalue weighted by atomic mass is 10.1. The van der Waals surface area contributed by atoms with Crippen LogP contribution in [-0.2, 0) is 18.0 Å². The zero-order chi connectivity index (χ0) is 25.6. The van der Waals surface area contributed by atoms with Gasteiger partial charge >= 0.3 is 6.18 Å². The number of piperazine rings is 1. The van der Waals surface area contributed by atoms with Crippen LogP contribution in [0.3, 0.4) is 0 Å². The molecular formula is C23H25F4N7O2. The van der Waals surface area contributed by atoms with Crippen LogP contribution in [0.5, 0.6) is 0 Å². The Kier molecular flexibility index (Phi) is 6.18. The molecule has 1 atom stereocenters. The monoisotopic (exact) mass is 507 g/mol. The van der Waals surface area contributed by atoms with Gasteiger partial charge < -0.3 is 14.4 Å². The molecule has 3 aromatic rings. The van der Waals surface area contributed by atoms with Crippen LogP contribution in [0.2, 0.25) is 0 Å². The molecule has 0 radical (unpaired) electrons. The van der Waals surface area contributed by atoms with Gasteiger partial charge in [-0.3, -0.25) is 14.5 Å². The van der Waals surface area contributed by atoms with Crippen molar-refractivity contribution in [1.29, 1.82) is 0 Å². The number of fused-ring (bicyclic) bond motifs is 1. The number of amides is 1. The fraction of sp³-hybridized carbons (Fsp3) is 0.478. The summed E-state index contributed by atoms with van der Waals surface area (Å²) < 4.78 is 55.0. The van der Waals surface area contributed by atoms with Gasteiger partial charge in [-0.15, -0.1) is 0 Å². The third-order valence-electron chi connectivity index (χ3n) is 6.91. The number of aromatic nitrogens is 4. The number of alkyl halides is 3. The maximum absolute atomic E-state index is 13.6.